The number of hydrogen-bond acceptors (Lipinski definition) is 4. The Kier molecular flexibility index (Phi) is 6.46. The molecule has 0 bridgehead atoms. The molecule has 0 atom stereocenters. The lowest BCUT2D eigenvalue weighted by atomic mass is 10.0. The highest BCUT2D eigenvalue weighted by atomic mass is 16.3. The summed E-state index contributed by atoms with van der Waals surface area (Å²) in [6, 6.07) is 19.7. The van der Waals surface area contributed by atoms with Crippen LogP contribution in [-0.4, -0.2) is 30.8 Å². The van der Waals surface area contributed by atoms with Crippen LogP contribution in [0.3, 0.4) is 0 Å². The van der Waals surface area contributed by atoms with Gasteiger partial charge in [0.15, 0.2) is 0 Å². The molecular weight excluding hydrogens is 406 g/mol. The van der Waals surface area contributed by atoms with Crippen molar-refractivity contribution in [1.29, 1.82) is 0 Å². The largest absolute Gasteiger partial charge is 0.465 e. The molecule has 1 aliphatic heterocycles. The van der Waals surface area contributed by atoms with Crippen molar-refractivity contribution in [2.45, 2.75) is 12.8 Å². The first-order chi connectivity index (χ1) is 15.6. The maximum absolute atomic E-state index is 12.9. The molecule has 7 nitrogen and oxygen atoms in total. The second-order valence-electron chi connectivity index (χ2n) is 7.35. The standard InChI is InChI=1S/C25H23N3O4/c29-23(28-14-6-11-18-8-4-5-13-22(18)28)17-26-25(31)21(16-20-12-7-15-32-20)27-24(30)19-9-2-1-3-10-19/h1-5,7-10,12-13,15-16H,6,11,14,17H2,(H,26,31)(H,27,30)/b21-16-. The molecule has 0 saturated carbocycles. The van der Waals surface area contributed by atoms with Crippen LogP contribution in [0, 0.1) is 0 Å². The lowest BCUT2D eigenvalue weighted by Gasteiger charge is -2.29. The summed E-state index contributed by atoms with van der Waals surface area (Å²) in [6.07, 6.45) is 4.69. The molecule has 0 radical (unpaired) electrons. The Morgan fingerprint density at radius 1 is 0.969 bits per heavy atom. The van der Waals surface area contributed by atoms with Gasteiger partial charge < -0.3 is 20.0 Å². The molecule has 4 rings (SSSR count). The number of benzene rings is 2. The number of nitrogens with one attached hydrogen (secondary N) is 2. The fourth-order valence-corrected chi connectivity index (χ4v) is 3.60. The third kappa shape index (κ3) is 4.95. The topological polar surface area (TPSA) is 91.7 Å². The van der Waals surface area contributed by atoms with Gasteiger partial charge in [-0.15, -0.1) is 0 Å². The van der Waals surface area contributed by atoms with Crippen LogP contribution in [0.5, 0.6) is 0 Å². The van der Waals surface area contributed by atoms with Crippen LogP contribution >= 0.6 is 0 Å². The second-order valence-corrected chi connectivity index (χ2v) is 7.35. The summed E-state index contributed by atoms with van der Waals surface area (Å²) < 4.78 is 5.28. The molecule has 2 N–H and O–H groups in total. The van der Waals surface area contributed by atoms with Crippen LogP contribution in [-0.2, 0) is 16.0 Å². The zero-order chi connectivity index (χ0) is 22.3. The number of hydrogen-bond donors (Lipinski definition) is 2. The van der Waals surface area contributed by atoms with Crippen molar-refractivity contribution in [2.24, 2.45) is 0 Å². The summed E-state index contributed by atoms with van der Waals surface area (Å²) in [7, 11) is 0. The molecule has 1 aliphatic rings. The molecule has 162 valence electrons. The molecule has 3 aromatic rings. The van der Waals surface area contributed by atoms with E-state index in [9.17, 15) is 14.4 Å². The molecule has 32 heavy (non-hydrogen) atoms. The average molecular weight is 429 g/mol. The fourth-order valence-electron chi connectivity index (χ4n) is 3.60. The average Bonchev–Trinajstić information content (AvgIpc) is 3.35. The molecule has 2 heterocycles. The van der Waals surface area contributed by atoms with Crippen LogP contribution in [0.4, 0.5) is 5.69 Å². The van der Waals surface area contributed by atoms with Gasteiger partial charge in [-0.1, -0.05) is 36.4 Å². The van der Waals surface area contributed by atoms with Gasteiger partial charge in [0.05, 0.1) is 12.8 Å². The van der Waals surface area contributed by atoms with Gasteiger partial charge in [0, 0.05) is 23.9 Å². The van der Waals surface area contributed by atoms with E-state index in [1.54, 1.807) is 47.4 Å². The van der Waals surface area contributed by atoms with E-state index in [2.05, 4.69) is 10.6 Å². The number of amides is 3. The van der Waals surface area contributed by atoms with Crippen molar-refractivity contribution in [1.82, 2.24) is 10.6 Å². The Bertz CT molecular complexity index is 1140. The quantitative estimate of drug-likeness (QED) is 0.589. The van der Waals surface area contributed by atoms with Gasteiger partial charge in [0.1, 0.15) is 11.5 Å². The zero-order valence-electron chi connectivity index (χ0n) is 17.4. The number of aryl methyl sites for hydroxylation is 1. The number of anilines is 1. The molecular formula is C25H23N3O4. The van der Waals surface area contributed by atoms with E-state index in [4.69, 9.17) is 4.42 Å². The van der Waals surface area contributed by atoms with E-state index in [1.807, 2.05) is 24.3 Å². The van der Waals surface area contributed by atoms with Gasteiger partial charge in [-0.05, 0) is 48.7 Å². The number of fused-ring (bicyclic) bond motifs is 1. The van der Waals surface area contributed by atoms with E-state index in [1.165, 1.54) is 12.3 Å². The highest BCUT2D eigenvalue weighted by Crippen LogP contribution is 2.26. The van der Waals surface area contributed by atoms with Crippen LogP contribution in [0.15, 0.2) is 83.1 Å². The third-order valence-electron chi connectivity index (χ3n) is 5.17. The first-order valence-corrected chi connectivity index (χ1v) is 10.4. The monoisotopic (exact) mass is 429 g/mol. The minimum Gasteiger partial charge on any atom is -0.465 e. The molecule has 0 fully saturated rings. The van der Waals surface area contributed by atoms with Crippen LogP contribution < -0.4 is 15.5 Å². The smallest absolute Gasteiger partial charge is 0.268 e. The summed E-state index contributed by atoms with van der Waals surface area (Å²) >= 11 is 0. The SMILES string of the molecule is O=C(NCC(=O)N1CCCc2ccccc21)/C(=C/c1ccco1)NC(=O)c1ccccc1. The van der Waals surface area contributed by atoms with Gasteiger partial charge in [-0.25, -0.2) is 0 Å². The molecule has 1 aromatic heterocycles. The lowest BCUT2D eigenvalue weighted by molar-refractivity contribution is -0.123. The van der Waals surface area contributed by atoms with Gasteiger partial charge in [-0.2, -0.15) is 0 Å². The molecule has 0 saturated heterocycles. The molecule has 3 amide bonds. The van der Waals surface area contributed by atoms with Crippen LogP contribution in [0.2, 0.25) is 0 Å². The number of para-hydroxylation sites is 1. The summed E-state index contributed by atoms with van der Waals surface area (Å²) in [4.78, 5) is 40.0. The van der Waals surface area contributed by atoms with Crippen LogP contribution in [0.1, 0.15) is 28.1 Å². The maximum Gasteiger partial charge on any atom is 0.268 e. The molecule has 2 aromatic carbocycles. The molecule has 0 unspecified atom stereocenters. The zero-order valence-corrected chi connectivity index (χ0v) is 17.4. The van der Waals surface area contributed by atoms with Crippen molar-refractivity contribution in [3.05, 3.63) is 95.6 Å². The second kappa shape index (κ2) is 9.78. The predicted octanol–water partition coefficient (Wildman–Crippen LogP) is 3.15. The summed E-state index contributed by atoms with van der Waals surface area (Å²) in [5.74, 6) is -0.823. The highest BCUT2D eigenvalue weighted by molar-refractivity contribution is 6.06. The van der Waals surface area contributed by atoms with Gasteiger partial charge in [0.2, 0.25) is 5.91 Å². The van der Waals surface area contributed by atoms with Crippen molar-refractivity contribution in [3.8, 4) is 0 Å². The lowest BCUT2D eigenvalue weighted by Crippen LogP contribution is -2.44. The minimum absolute atomic E-state index is 0.0133. The highest BCUT2D eigenvalue weighted by Gasteiger charge is 2.23. The normalized spacial score (nSPS) is 13.2. The summed E-state index contributed by atoms with van der Waals surface area (Å²) in [5, 5.41) is 5.24. The Balaban J connectivity index is 1.46. The van der Waals surface area contributed by atoms with E-state index in [0.29, 0.717) is 17.9 Å². The van der Waals surface area contributed by atoms with Crippen molar-refractivity contribution in [3.63, 3.8) is 0 Å². The number of furan rings is 1. The maximum atomic E-state index is 12.9. The summed E-state index contributed by atoms with van der Waals surface area (Å²) in [6.45, 7) is 0.412. The Hall–Kier alpha value is -4.13. The van der Waals surface area contributed by atoms with Gasteiger partial charge >= 0.3 is 0 Å². The first kappa shape index (κ1) is 21.1. The van der Waals surface area contributed by atoms with E-state index in [-0.39, 0.29) is 18.1 Å². The van der Waals surface area contributed by atoms with E-state index >= 15 is 0 Å². The summed E-state index contributed by atoms with van der Waals surface area (Å²) in [5.41, 5.74) is 2.39. The number of nitrogens with zero attached hydrogens (tertiary/aromatic N) is 1. The van der Waals surface area contributed by atoms with Crippen molar-refractivity contribution in [2.75, 3.05) is 18.0 Å². The van der Waals surface area contributed by atoms with E-state index in [0.717, 1.165) is 24.1 Å². The van der Waals surface area contributed by atoms with E-state index < -0.39 is 11.8 Å². The van der Waals surface area contributed by atoms with Crippen molar-refractivity contribution < 1.29 is 18.8 Å². The molecule has 0 aliphatic carbocycles. The third-order valence-corrected chi connectivity index (χ3v) is 5.17. The Morgan fingerprint density at radius 3 is 2.53 bits per heavy atom. The van der Waals surface area contributed by atoms with Gasteiger partial charge in [-0.3, -0.25) is 14.4 Å². The van der Waals surface area contributed by atoms with Crippen LogP contribution in [0.25, 0.3) is 6.08 Å². The number of carbonyl (C=O) groups is 3. The molecule has 7 heteroatoms. The Labute approximate surface area is 185 Å². The van der Waals surface area contributed by atoms with Crippen molar-refractivity contribution >= 4 is 29.5 Å². The van der Waals surface area contributed by atoms with Gasteiger partial charge in [0.25, 0.3) is 11.8 Å². The fraction of sp³-hybridized carbons (Fsp3) is 0.160. The molecule has 0 spiro atoms. The predicted molar refractivity (Wildman–Crippen MR) is 121 cm³/mol. The number of rotatable bonds is 6. The Morgan fingerprint density at radius 2 is 1.75 bits per heavy atom. The first-order valence-electron chi connectivity index (χ1n) is 10.4. The number of carbonyl (C=O) groups excluding carboxylic acids is 3. The minimum atomic E-state index is -0.579.